The van der Waals surface area contributed by atoms with Crippen molar-refractivity contribution in [2.45, 2.75) is 0 Å². The van der Waals surface area contributed by atoms with Crippen LogP contribution in [0, 0.1) is 0 Å². The van der Waals surface area contributed by atoms with Crippen LogP contribution < -0.4 is 9.64 Å². The predicted molar refractivity (Wildman–Crippen MR) is 92.9 cm³/mol. The first-order valence-corrected chi connectivity index (χ1v) is 7.74. The molecule has 1 aromatic carbocycles. The molecule has 2 heterocycles. The van der Waals surface area contributed by atoms with Crippen LogP contribution in [-0.4, -0.2) is 22.3 Å². The first-order chi connectivity index (χ1) is 10.7. The molecule has 0 N–H and O–H groups in total. The van der Waals surface area contributed by atoms with Gasteiger partial charge in [-0.05, 0) is 30.3 Å². The molecule has 4 nitrogen and oxygen atoms in total. The molecule has 1 saturated heterocycles. The van der Waals surface area contributed by atoms with E-state index in [0.717, 1.165) is 5.69 Å². The van der Waals surface area contributed by atoms with Gasteiger partial charge in [-0.2, -0.15) is 0 Å². The molecular weight excluding hydrogens is 316 g/mol. The Kier molecular flexibility index (Phi) is 4.22. The zero-order valence-electron chi connectivity index (χ0n) is 11.7. The van der Waals surface area contributed by atoms with E-state index in [1.54, 1.807) is 25.4 Å². The minimum absolute atomic E-state index is 0.145. The van der Waals surface area contributed by atoms with Gasteiger partial charge in [0.15, 0.2) is 4.32 Å². The van der Waals surface area contributed by atoms with Crippen LogP contribution in [0.5, 0.6) is 5.75 Å². The van der Waals surface area contributed by atoms with E-state index in [9.17, 15) is 4.79 Å². The second-order valence-corrected chi connectivity index (χ2v) is 6.15. The Balaban J connectivity index is 1.93. The van der Waals surface area contributed by atoms with Gasteiger partial charge in [0.2, 0.25) is 0 Å². The van der Waals surface area contributed by atoms with Crippen LogP contribution in [0.2, 0.25) is 0 Å². The van der Waals surface area contributed by atoms with Crippen molar-refractivity contribution >= 4 is 46.0 Å². The summed E-state index contributed by atoms with van der Waals surface area (Å²) >= 11 is 6.61. The van der Waals surface area contributed by atoms with Gasteiger partial charge in [0, 0.05) is 12.3 Å². The third kappa shape index (κ3) is 2.88. The number of rotatable bonds is 3. The number of benzene rings is 1. The Morgan fingerprint density at radius 3 is 2.86 bits per heavy atom. The number of hydrogen-bond donors (Lipinski definition) is 0. The van der Waals surface area contributed by atoms with E-state index in [4.69, 9.17) is 17.0 Å². The average Bonchev–Trinajstić information content (AvgIpc) is 2.82. The van der Waals surface area contributed by atoms with E-state index in [1.165, 1.54) is 16.7 Å². The molecule has 1 fully saturated rings. The smallest absolute Gasteiger partial charge is 0.270 e. The number of anilines is 1. The summed E-state index contributed by atoms with van der Waals surface area (Å²) < 4.78 is 5.70. The van der Waals surface area contributed by atoms with E-state index in [-0.39, 0.29) is 5.91 Å². The summed E-state index contributed by atoms with van der Waals surface area (Å²) in [5, 5.41) is 0. The molecule has 22 heavy (non-hydrogen) atoms. The number of amides is 1. The highest BCUT2D eigenvalue weighted by Crippen LogP contribution is 2.36. The molecule has 2 aromatic rings. The van der Waals surface area contributed by atoms with Gasteiger partial charge in [-0.25, -0.2) is 0 Å². The highest BCUT2D eigenvalue weighted by Gasteiger charge is 2.33. The molecule has 0 aliphatic carbocycles. The van der Waals surface area contributed by atoms with Crippen molar-refractivity contribution in [2.75, 3.05) is 12.0 Å². The van der Waals surface area contributed by atoms with E-state index < -0.39 is 0 Å². The molecule has 1 amide bonds. The Morgan fingerprint density at radius 2 is 2.14 bits per heavy atom. The standard InChI is InChI=1S/C16H12N2O2S2/c1-20-13-7-4-6-12(10-13)18-15(19)14(22-16(18)21)9-11-5-2-3-8-17-11/h2-10H,1H3/b14-9-. The third-order valence-corrected chi connectivity index (χ3v) is 4.37. The summed E-state index contributed by atoms with van der Waals surface area (Å²) in [6, 6.07) is 12.8. The second kappa shape index (κ2) is 6.29. The molecule has 3 rings (SSSR count). The molecule has 1 aliphatic heterocycles. The van der Waals surface area contributed by atoms with Crippen molar-refractivity contribution in [2.24, 2.45) is 0 Å². The molecule has 0 unspecified atom stereocenters. The first-order valence-electron chi connectivity index (χ1n) is 6.52. The monoisotopic (exact) mass is 328 g/mol. The fourth-order valence-electron chi connectivity index (χ4n) is 2.04. The number of hydrogen-bond acceptors (Lipinski definition) is 5. The van der Waals surface area contributed by atoms with E-state index in [1.807, 2.05) is 36.4 Å². The maximum absolute atomic E-state index is 12.6. The van der Waals surface area contributed by atoms with Crippen LogP contribution in [0.15, 0.2) is 53.6 Å². The number of carbonyl (C=O) groups is 1. The van der Waals surface area contributed by atoms with Crippen molar-refractivity contribution < 1.29 is 9.53 Å². The van der Waals surface area contributed by atoms with E-state index >= 15 is 0 Å². The van der Waals surface area contributed by atoms with Crippen LogP contribution in [0.3, 0.4) is 0 Å². The van der Waals surface area contributed by atoms with Gasteiger partial charge in [0.25, 0.3) is 5.91 Å². The number of nitrogens with zero attached hydrogens (tertiary/aromatic N) is 2. The number of methoxy groups -OCH3 is 1. The summed E-state index contributed by atoms with van der Waals surface area (Å²) in [6.07, 6.45) is 3.44. The Morgan fingerprint density at radius 1 is 1.27 bits per heavy atom. The molecule has 6 heteroatoms. The second-order valence-electron chi connectivity index (χ2n) is 4.47. The first kappa shape index (κ1) is 14.7. The number of pyridine rings is 1. The average molecular weight is 328 g/mol. The highest BCUT2D eigenvalue weighted by molar-refractivity contribution is 8.27. The van der Waals surface area contributed by atoms with Crippen LogP contribution in [0.4, 0.5) is 5.69 Å². The molecule has 0 radical (unpaired) electrons. The fourth-order valence-corrected chi connectivity index (χ4v) is 3.32. The van der Waals surface area contributed by atoms with Crippen molar-refractivity contribution in [3.63, 3.8) is 0 Å². The van der Waals surface area contributed by atoms with Crippen LogP contribution >= 0.6 is 24.0 Å². The molecule has 0 bridgehead atoms. The quantitative estimate of drug-likeness (QED) is 0.637. The van der Waals surface area contributed by atoms with Gasteiger partial charge in [0.1, 0.15) is 5.75 Å². The molecule has 1 aromatic heterocycles. The van der Waals surface area contributed by atoms with Gasteiger partial charge in [-0.3, -0.25) is 14.7 Å². The summed E-state index contributed by atoms with van der Waals surface area (Å²) in [5.41, 5.74) is 1.43. The lowest BCUT2D eigenvalue weighted by atomic mass is 10.2. The number of carbonyl (C=O) groups excluding carboxylic acids is 1. The maximum atomic E-state index is 12.6. The Labute approximate surface area is 137 Å². The molecule has 0 atom stereocenters. The SMILES string of the molecule is COc1cccc(N2C(=O)/C(=C/c3ccccn3)SC2=S)c1. The van der Waals surface area contributed by atoms with Gasteiger partial charge in [0.05, 0.1) is 23.4 Å². The van der Waals surface area contributed by atoms with Gasteiger partial charge in [-0.1, -0.05) is 36.1 Å². The number of thiocarbonyl (C=S) groups is 1. The largest absolute Gasteiger partial charge is 0.497 e. The predicted octanol–water partition coefficient (Wildman–Crippen LogP) is 3.50. The van der Waals surface area contributed by atoms with Crippen molar-refractivity contribution in [3.8, 4) is 5.75 Å². The van der Waals surface area contributed by atoms with Crippen LogP contribution in [0.25, 0.3) is 6.08 Å². The lowest BCUT2D eigenvalue weighted by Crippen LogP contribution is -2.27. The summed E-state index contributed by atoms with van der Waals surface area (Å²) in [7, 11) is 1.59. The normalized spacial score (nSPS) is 16.4. The number of thioether (sulfide) groups is 1. The summed E-state index contributed by atoms with van der Waals surface area (Å²) in [5.74, 6) is 0.536. The van der Waals surface area contributed by atoms with Crippen LogP contribution in [-0.2, 0) is 4.79 Å². The third-order valence-electron chi connectivity index (χ3n) is 3.07. The summed E-state index contributed by atoms with van der Waals surface area (Å²) in [4.78, 5) is 18.9. The zero-order valence-corrected chi connectivity index (χ0v) is 13.4. The van der Waals surface area contributed by atoms with Crippen molar-refractivity contribution in [1.82, 2.24) is 4.98 Å². The van der Waals surface area contributed by atoms with Crippen LogP contribution in [0.1, 0.15) is 5.69 Å². The Hall–Kier alpha value is -2.18. The van der Waals surface area contributed by atoms with Gasteiger partial charge < -0.3 is 4.74 Å². The van der Waals surface area contributed by atoms with Gasteiger partial charge >= 0.3 is 0 Å². The number of aromatic nitrogens is 1. The zero-order chi connectivity index (χ0) is 15.5. The lowest BCUT2D eigenvalue weighted by molar-refractivity contribution is -0.113. The van der Waals surface area contributed by atoms with Crippen molar-refractivity contribution in [3.05, 3.63) is 59.3 Å². The summed E-state index contributed by atoms with van der Waals surface area (Å²) in [6.45, 7) is 0. The lowest BCUT2D eigenvalue weighted by Gasteiger charge is -2.15. The van der Waals surface area contributed by atoms with E-state index in [0.29, 0.717) is 20.7 Å². The van der Waals surface area contributed by atoms with Crippen molar-refractivity contribution in [1.29, 1.82) is 0 Å². The van der Waals surface area contributed by atoms with E-state index in [2.05, 4.69) is 4.98 Å². The minimum atomic E-state index is -0.145. The molecular formula is C16H12N2O2S2. The Bertz CT molecular complexity index is 760. The molecule has 110 valence electrons. The highest BCUT2D eigenvalue weighted by atomic mass is 32.2. The topological polar surface area (TPSA) is 42.4 Å². The number of ether oxygens (including phenoxy) is 1. The molecule has 0 saturated carbocycles. The fraction of sp³-hybridized carbons (Fsp3) is 0.0625. The maximum Gasteiger partial charge on any atom is 0.270 e. The molecule has 1 aliphatic rings. The molecule has 0 spiro atoms. The van der Waals surface area contributed by atoms with Gasteiger partial charge in [-0.15, -0.1) is 0 Å². The minimum Gasteiger partial charge on any atom is -0.497 e.